The third kappa shape index (κ3) is 3.57. The van der Waals surface area contributed by atoms with Crippen LogP contribution in [0.5, 0.6) is 0 Å². The molecule has 0 aliphatic carbocycles. The van der Waals surface area contributed by atoms with Gasteiger partial charge in [0.05, 0.1) is 0 Å². The van der Waals surface area contributed by atoms with Crippen molar-refractivity contribution in [3.05, 3.63) is 59.4 Å². The number of aryl methyl sites for hydroxylation is 1. The molecule has 0 bridgehead atoms. The monoisotopic (exact) mass is 269 g/mol. The molecule has 2 rings (SSSR count). The number of anilines is 1. The van der Waals surface area contributed by atoms with Crippen molar-refractivity contribution in [1.29, 1.82) is 0 Å². The van der Waals surface area contributed by atoms with Crippen molar-refractivity contribution in [1.82, 2.24) is 10.3 Å². The van der Waals surface area contributed by atoms with Gasteiger partial charge in [-0.3, -0.25) is 9.78 Å². The van der Waals surface area contributed by atoms with Crippen LogP contribution in [0.15, 0.2) is 42.6 Å². The maximum atomic E-state index is 12.0. The van der Waals surface area contributed by atoms with E-state index in [1.54, 1.807) is 6.20 Å². The van der Waals surface area contributed by atoms with Crippen molar-refractivity contribution in [3.63, 3.8) is 0 Å². The summed E-state index contributed by atoms with van der Waals surface area (Å²) in [7, 11) is 1.87. The SMILES string of the molecule is CNc1ccc(C(=O)NCCc2ccccn2)cc1C. The number of carbonyl (C=O) groups excluding carboxylic acids is 1. The summed E-state index contributed by atoms with van der Waals surface area (Å²) in [5, 5.41) is 6.00. The fourth-order valence-electron chi connectivity index (χ4n) is 2.04. The average Bonchev–Trinajstić information content (AvgIpc) is 2.48. The van der Waals surface area contributed by atoms with Crippen LogP contribution in [-0.2, 0) is 6.42 Å². The second kappa shape index (κ2) is 6.70. The van der Waals surface area contributed by atoms with Gasteiger partial charge >= 0.3 is 0 Å². The first-order valence-electron chi connectivity index (χ1n) is 6.67. The highest BCUT2D eigenvalue weighted by Gasteiger charge is 2.06. The lowest BCUT2D eigenvalue weighted by atomic mass is 10.1. The van der Waals surface area contributed by atoms with Gasteiger partial charge in [-0.1, -0.05) is 6.07 Å². The van der Waals surface area contributed by atoms with Gasteiger partial charge in [0.1, 0.15) is 0 Å². The zero-order valence-electron chi connectivity index (χ0n) is 11.8. The van der Waals surface area contributed by atoms with E-state index in [2.05, 4.69) is 15.6 Å². The number of aromatic nitrogens is 1. The van der Waals surface area contributed by atoms with Crippen LogP contribution >= 0.6 is 0 Å². The Morgan fingerprint density at radius 1 is 1.25 bits per heavy atom. The van der Waals surface area contributed by atoms with Gasteiger partial charge in [-0.2, -0.15) is 0 Å². The zero-order chi connectivity index (χ0) is 14.4. The van der Waals surface area contributed by atoms with Gasteiger partial charge in [0.25, 0.3) is 5.91 Å². The normalized spacial score (nSPS) is 10.1. The van der Waals surface area contributed by atoms with Gasteiger partial charge in [0, 0.05) is 43.2 Å². The van der Waals surface area contributed by atoms with E-state index in [0.29, 0.717) is 12.1 Å². The molecule has 1 aromatic carbocycles. The lowest BCUT2D eigenvalue weighted by molar-refractivity contribution is 0.0954. The van der Waals surface area contributed by atoms with Crippen LogP contribution in [0.25, 0.3) is 0 Å². The summed E-state index contributed by atoms with van der Waals surface area (Å²) < 4.78 is 0. The van der Waals surface area contributed by atoms with Gasteiger partial charge in [0.2, 0.25) is 0 Å². The summed E-state index contributed by atoms with van der Waals surface area (Å²) in [6.07, 6.45) is 2.50. The van der Waals surface area contributed by atoms with Crippen LogP contribution in [0.2, 0.25) is 0 Å². The number of rotatable bonds is 5. The molecule has 104 valence electrons. The average molecular weight is 269 g/mol. The summed E-state index contributed by atoms with van der Waals surface area (Å²) in [6, 6.07) is 11.4. The molecule has 0 unspecified atom stereocenters. The van der Waals surface area contributed by atoms with E-state index < -0.39 is 0 Å². The maximum absolute atomic E-state index is 12.0. The molecule has 1 heterocycles. The molecule has 0 spiro atoms. The number of carbonyl (C=O) groups is 1. The Bertz CT molecular complexity index is 582. The van der Waals surface area contributed by atoms with Crippen LogP contribution in [0.4, 0.5) is 5.69 Å². The molecule has 0 aliphatic rings. The Labute approximate surface area is 119 Å². The van der Waals surface area contributed by atoms with E-state index in [1.807, 2.05) is 50.4 Å². The molecule has 0 radical (unpaired) electrons. The van der Waals surface area contributed by atoms with Crippen molar-refractivity contribution >= 4 is 11.6 Å². The molecule has 2 N–H and O–H groups in total. The molecule has 0 fully saturated rings. The van der Waals surface area contributed by atoms with Crippen LogP contribution in [-0.4, -0.2) is 24.5 Å². The standard InChI is InChI=1S/C16H19N3O/c1-12-11-13(6-7-15(12)17-2)16(20)19-10-8-14-5-3-4-9-18-14/h3-7,9,11,17H,8,10H2,1-2H3,(H,19,20). The minimum Gasteiger partial charge on any atom is -0.388 e. The van der Waals surface area contributed by atoms with Crippen molar-refractivity contribution in [2.24, 2.45) is 0 Å². The van der Waals surface area contributed by atoms with Crippen LogP contribution in [0.1, 0.15) is 21.6 Å². The van der Waals surface area contributed by atoms with Gasteiger partial charge in [-0.05, 0) is 42.8 Å². The molecule has 0 atom stereocenters. The van der Waals surface area contributed by atoms with Crippen molar-refractivity contribution in [3.8, 4) is 0 Å². The molecule has 1 amide bonds. The molecule has 4 heteroatoms. The summed E-state index contributed by atoms with van der Waals surface area (Å²) >= 11 is 0. The summed E-state index contributed by atoms with van der Waals surface area (Å²) in [5.74, 6) is -0.0494. The Hall–Kier alpha value is -2.36. The number of hydrogen-bond acceptors (Lipinski definition) is 3. The number of pyridine rings is 1. The van der Waals surface area contributed by atoms with Gasteiger partial charge < -0.3 is 10.6 Å². The molecule has 0 saturated carbocycles. The van der Waals surface area contributed by atoms with Crippen molar-refractivity contribution in [2.75, 3.05) is 18.9 Å². The number of amides is 1. The fourth-order valence-corrected chi connectivity index (χ4v) is 2.04. The maximum Gasteiger partial charge on any atom is 0.251 e. The summed E-state index contributed by atoms with van der Waals surface area (Å²) in [5.41, 5.74) is 3.76. The van der Waals surface area contributed by atoms with Gasteiger partial charge in [-0.15, -0.1) is 0 Å². The van der Waals surface area contributed by atoms with Crippen LogP contribution in [0.3, 0.4) is 0 Å². The molecule has 0 aliphatic heterocycles. The lowest BCUT2D eigenvalue weighted by Gasteiger charge is -2.08. The summed E-state index contributed by atoms with van der Waals surface area (Å²) in [6.45, 7) is 2.57. The predicted molar refractivity (Wildman–Crippen MR) is 81.0 cm³/mol. The second-order valence-electron chi connectivity index (χ2n) is 4.61. The van der Waals surface area contributed by atoms with Crippen LogP contribution in [0, 0.1) is 6.92 Å². The second-order valence-corrected chi connectivity index (χ2v) is 4.61. The largest absolute Gasteiger partial charge is 0.388 e. The molecule has 4 nitrogen and oxygen atoms in total. The third-order valence-electron chi connectivity index (χ3n) is 3.15. The molecule has 0 saturated heterocycles. The highest BCUT2D eigenvalue weighted by Crippen LogP contribution is 2.15. The van der Waals surface area contributed by atoms with Gasteiger partial charge in [-0.25, -0.2) is 0 Å². The Morgan fingerprint density at radius 2 is 2.10 bits per heavy atom. The highest BCUT2D eigenvalue weighted by molar-refractivity contribution is 5.94. The van der Waals surface area contributed by atoms with Crippen molar-refractivity contribution < 1.29 is 4.79 Å². The van der Waals surface area contributed by atoms with Crippen LogP contribution < -0.4 is 10.6 Å². The quantitative estimate of drug-likeness (QED) is 0.876. The number of hydrogen-bond donors (Lipinski definition) is 2. The first-order valence-corrected chi connectivity index (χ1v) is 6.67. The van der Waals surface area contributed by atoms with Gasteiger partial charge in [0.15, 0.2) is 0 Å². The van der Waals surface area contributed by atoms with E-state index in [0.717, 1.165) is 23.4 Å². The van der Waals surface area contributed by atoms with E-state index in [-0.39, 0.29) is 5.91 Å². The highest BCUT2D eigenvalue weighted by atomic mass is 16.1. The fraction of sp³-hybridized carbons (Fsp3) is 0.250. The topological polar surface area (TPSA) is 54.0 Å². The molecule has 2 aromatic rings. The first kappa shape index (κ1) is 14.1. The first-order chi connectivity index (χ1) is 9.70. The van der Waals surface area contributed by atoms with Crippen molar-refractivity contribution in [2.45, 2.75) is 13.3 Å². The Balaban J connectivity index is 1.90. The molecule has 1 aromatic heterocycles. The minimum absolute atomic E-state index is 0.0494. The number of nitrogens with zero attached hydrogens (tertiary/aromatic N) is 1. The molecule has 20 heavy (non-hydrogen) atoms. The molecular formula is C16H19N3O. The van der Waals surface area contributed by atoms with E-state index in [4.69, 9.17) is 0 Å². The third-order valence-corrected chi connectivity index (χ3v) is 3.15. The smallest absolute Gasteiger partial charge is 0.251 e. The minimum atomic E-state index is -0.0494. The zero-order valence-corrected chi connectivity index (χ0v) is 11.8. The number of benzene rings is 1. The Morgan fingerprint density at radius 3 is 2.75 bits per heavy atom. The van der Waals surface area contributed by atoms with E-state index >= 15 is 0 Å². The Kier molecular flexibility index (Phi) is 4.71. The lowest BCUT2D eigenvalue weighted by Crippen LogP contribution is -2.26. The van der Waals surface area contributed by atoms with E-state index in [9.17, 15) is 4.79 Å². The predicted octanol–water partition coefficient (Wildman–Crippen LogP) is 2.40. The molecular weight excluding hydrogens is 250 g/mol. The number of nitrogens with one attached hydrogen (secondary N) is 2. The summed E-state index contributed by atoms with van der Waals surface area (Å²) in [4.78, 5) is 16.3. The van der Waals surface area contributed by atoms with E-state index in [1.165, 1.54) is 0 Å².